The molecule has 0 bridgehead atoms. The van der Waals surface area contributed by atoms with Gasteiger partial charge in [0.05, 0.1) is 34.5 Å². The second kappa shape index (κ2) is 15.5. The van der Waals surface area contributed by atoms with E-state index in [0.29, 0.717) is 95.9 Å². The number of aliphatic carboxylic acids is 1. The fourth-order valence-corrected chi connectivity index (χ4v) is 6.94. The van der Waals surface area contributed by atoms with E-state index >= 15 is 4.39 Å². The van der Waals surface area contributed by atoms with Gasteiger partial charge in [-0.15, -0.1) is 0 Å². The Kier molecular flexibility index (Phi) is 10.9. The van der Waals surface area contributed by atoms with Gasteiger partial charge in [-0.1, -0.05) is 47.5 Å². The summed E-state index contributed by atoms with van der Waals surface area (Å²) < 4.78 is 21.4. The molecule has 2 aromatic heterocycles. The van der Waals surface area contributed by atoms with Crippen molar-refractivity contribution in [3.8, 4) is 28.1 Å². The van der Waals surface area contributed by atoms with Crippen molar-refractivity contribution < 1.29 is 23.8 Å². The number of carboxylic acids is 1. The number of nitrogens with one attached hydrogen (secondary N) is 3. The normalized spacial score (nSPS) is 16.8. The highest BCUT2D eigenvalue weighted by Crippen LogP contribution is 2.42. The third-order valence-electron chi connectivity index (χ3n) is 9.08. The van der Waals surface area contributed by atoms with Crippen LogP contribution < -0.4 is 20.7 Å². The summed E-state index contributed by atoms with van der Waals surface area (Å²) in [5.74, 6) is -0.832. The van der Waals surface area contributed by atoms with Gasteiger partial charge in [-0.25, -0.2) is 9.37 Å². The van der Waals surface area contributed by atoms with E-state index < -0.39 is 11.8 Å². The Balaban J connectivity index is 1.18. The molecular weight excluding hydrogens is 670 g/mol. The molecule has 2 aliphatic rings. The Labute approximate surface area is 294 Å². The molecule has 2 aromatic carbocycles. The minimum absolute atomic E-state index is 0.0353. The maximum absolute atomic E-state index is 15.7. The lowest BCUT2D eigenvalue weighted by molar-refractivity contribution is -0.143. The van der Waals surface area contributed by atoms with Crippen molar-refractivity contribution in [3.05, 3.63) is 87.9 Å². The number of amides is 1. The molecule has 6 rings (SSSR count). The molecular formula is C36H37Cl2FN6O4. The van der Waals surface area contributed by atoms with Gasteiger partial charge in [0, 0.05) is 72.3 Å². The topological polar surface area (TPSA) is 129 Å². The van der Waals surface area contributed by atoms with Crippen LogP contribution in [0.25, 0.3) is 22.4 Å². The number of benzene rings is 2. The van der Waals surface area contributed by atoms with Crippen LogP contribution in [0.3, 0.4) is 0 Å². The lowest BCUT2D eigenvalue weighted by atomic mass is 9.97. The fraction of sp³-hybridized carbons (Fsp3) is 0.333. The summed E-state index contributed by atoms with van der Waals surface area (Å²) in [5, 5.41) is 19.4. The predicted octanol–water partition coefficient (Wildman–Crippen LogP) is 6.67. The van der Waals surface area contributed by atoms with Gasteiger partial charge >= 0.3 is 5.97 Å². The first-order valence-electron chi connectivity index (χ1n) is 16.2. The number of carboxylic acid groups (broad SMARTS) is 1. The molecule has 0 saturated carbocycles. The number of pyridine rings is 2. The molecule has 0 aliphatic carbocycles. The van der Waals surface area contributed by atoms with Gasteiger partial charge in [0.25, 0.3) is 0 Å². The monoisotopic (exact) mass is 706 g/mol. The number of piperidine rings is 1. The van der Waals surface area contributed by atoms with Crippen LogP contribution in [-0.4, -0.2) is 64.6 Å². The molecule has 49 heavy (non-hydrogen) atoms. The number of anilines is 2. The van der Waals surface area contributed by atoms with E-state index in [1.165, 1.54) is 0 Å². The Morgan fingerprint density at radius 3 is 2.55 bits per heavy atom. The summed E-state index contributed by atoms with van der Waals surface area (Å²) in [6, 6.07) is 14.7. The fourth-order valence-electron chi connectivity index (χ4n) is 6.34. The highest BCUT2D eigenvalue weighted by atomic mass is 35.5. The number of hydrogen-bond acceptors (Lipinski definition) is 8. The van der Waals surface area contributed by atoms with E-state index in [2.05, 4.69) is 30.8 Å². The molecule has 0 unspecified atom stereocenters. The smallest absolute Gasteiger partial charge is 0.306 e. The Hall–Kier alpha value is -4.29. The van der Waals surface area contributed by atoms with Crippen molar-refractivity contribution in [1.82, 2.24) is 25.5 Å². The summed E-state index contributed by atoms with van der Waals surface area (Å²) >= 11 is 13.9. The maximum Gasteiger partial charge on any atom is 0.306 e. The van der Waals surface area contributed by atoms with Crippen molar-refractivity contribution in [1.29, 1.82) is 0 Å². The van der Waals surface area contributed by atoms with Crippen molar-refractivity contribution in [3.63, 3.8) is 0 Å². The van der Waals surface area contributed by atoms with Gasteiger partial charge in [-0.3, -0.25) is 19.5 Å². The van der Waals surface area contributed by atoms with Gasteiger partial charge in [-0.2, -0.15) is 0 Å². The minimum atomic E-state index is -0.781. The molecule has 2 aliphatic heterocycles. The first-order valence-corrected chi connectivity index (χ1v) is 16.9. The minimum Gasteiger partial charge on any atom is -0.496 e. The summed E-state index contributed by atoms with van der Waals surface area (Å²) in [5.41, 5.74) is 4.46. The number of ether oxygens (including phenoxy) is 1. The molecule has 4 N–H and O–H groups in total. The Bertz CT molecular complexity index is 1850. The van der Waals surface area contributed by atoms with E-state index in [-0.39, 0.29) is 23.7 Å². The summed E-state index contributed by atoms with van der Waals surface area (Å²) in [7, 11) is 1.61. The third-order valence-corrected chi connectivity index (χ3v) is 9.87. The molecule has 4 aromatic rings. The van der Waals surface area contributed by atoms with Gasteiger partial charge in [-0.05, 0) is 56.6 Å². The number of carbonyl (C=O) groups excluding carboxylic acids is 1. The van der Waals surface area contributed by atoms with Gasteiger partial charge < -0.3 is 25.8 Å². The van der Waals surface area contributed by atoms with Crippen LogP contribution >= 0.6 is 23.2 Å². The number of likely N-dealkylation sites (tertiary alicyclic amines) is 1. The first kappa shape index (κ1) is 34.6. The number of nitrogens with zero attached hydrogens (tertiary/aromatic N) is 3. The molecule has 1 atom stereocenters. The predicted molar refractivity (Wildman–Crippen MR) is 188 cm³/mol. The Morgan fingerprint density at radius 2 is 1.82 bits per heavy atom. The van der Waals surface area contributed by atoms with Crippen molar-refractivity contribution in [2.24, 2.45) is 5.92 Å². The SMILES string of the molecule is COc1cc(-c2nccc(-c3cccc(Nc4nccc(CN5CCC(C(=O)O)CC5)c4F)c3Cl)c2Cl)ccc1CNC[C@H]1CCC(=O)N1. The van der Waals surface area contributed by atoms with Crippen LogP contribution in [0.4, 0.5) is 15.9 Å². The van der Waals surface area contributed by atoms with Crippen molar-refractivity contribution in [2.45, 2.75) is 44.8 Å². The van der Waals surface area contributed by atoms with E-state index in [1.54, 1.807) is 43.8 Å². The third kappa shape index (κ3) is 7.96. The molecule has 13 heteroatoms. The van der Waals surface area contributed by atoms with Crippen LogP contribution in [0.1, 0.15) is 36.8 Å². The highest BCUT2D eigenvalue weighted by Gasteiger charge is 2.26. The zero-order valence-electron chi connectivity index (χ0n) is 26.9. The average Bonchev–Trinajstić information content (AvgIpc) is 3.52. The molecule has 0 spiro atoms. The molecule has 2 saturated heterocycles. The van der Waals surface area contributed by atoms with Crippen molar-refractivity contribution in [2.75, 3.05) is 32.1 Å². The second-order valence-corrected chi connectivity index (χ2v) is 13.1. The summed E-state index contributed by atoms with van der Waals surface area (Å²) in [6.45, 7) is 2.75. The molecule has 2 fully saturated rings. The van der Waals surface area contributed by atoms with Crippen LogP contribution in [0.2, 0.25) is 10.0 Å². The molecule has 0 radical (unpaired) electrons. The average molecular weight is 708 g/mol. The zero-order valence-corrected chi connectivity index (χ0v) is 28.5. The van der Waals surface area contributed by atoms with Gasteiger partial charge in [0.1, 0.15) is 5.75 Å². The standard InChI is InChI=1S/C36H37Cl2FN6O4/c1-49-29-17-22(5-6-23(29)18-40-19-25-7-8-30(46)43-25)34-32(38)27(10-14-41-34)26-3-2-4-28(31(26)37)44-35-33(39)24(9-13-42-35)20-45-15-11-21(12-16-45)36(47)48/h2-6,9-10,13-14,17,21,25,40H,7-8,11-12,15-16,18-20H2,1H3,(H,42,44)(H,43,46)(H,47,48)/t25-/m1/s1. The largest absolute Gasteiger partial charge is 0.496 e. The molecule has 4 heterocycles. The van der Waals surface area contributed by atoms with Crippen LogP contribution in [0, 0.1) is 11.7 Å². The quantitative estimate of drug-likeness (QED) is 0.128. The first-order chi connectivity index (χ1) is 23.7. The van der Waals surface area contributed by atoms with Gasteiger partial charge in [0.2, 0.25) is 5.91 Å². The van der Waals surface area contributed by atoms with E-state index in [4.69, 9.17) is 27.9 Å². The van der Waals surface area contributed by atoms with E-state index in [9.17, 15) is 14.7 Å². The van der Waals surface area contributed by atoms with E-state index in [1.807, 2.05) is 24.3 Å². The number of halogens is 3. The van der Waals surface area contributed by atoms with Gasteiger partial charge in [0.15, 0.2) is 11.6 Å². The lowest BCUT2D eigenvalue weighted by Gasteiger charge is -2.30. The van der Waals surface area contributed by atoms with Crippen LogP contribution in [0.5, 0.6) is 5.75 Å². The molecule has 10 nitrogen and oxygen atoms in total. The highest BCUT2D eigenvalue weighted by molar-refractivity contribution is 6.39. The summed E-state index contributed by atoms with van der Waals surface area (Å²) in [4.78, 5) is 33.7. The maximum atomic E-state index is 15.7. The number of hydrogen-bond donors (Lipinski definition) is 4. The number of aromatic nitrogens is 2. The zero-order chi connectivity index (χ0) is 34.5. The number of rotatable bonds is 12. The Morgan fingerprint density at radius 1 is 1.04 bits per heavy atom. The lowest BCUT2D eigenvalue weighted by Crippen LogP contribution is -2.36. The second-order valence-electron chi connectivity index (χ2n) is 12.3. The van der Waals surface area contributed by atoms with E-state index in [0.717, 1.165) is 17.5 Å². The van der Waals surface area contributed by atoms with Crippen LogP contribution in [-0.2, 0) is 22.7 Å². The molecule has 256 valence electrons. The number of methoxy groups -OCH3 is 1. The number of carbonyl (C=O) groups is 2. The van der Waals surface area contributed by atoms with Crippen molar-refractivity contribution >= 4 is 46.6 Å². The summed E-state index contributed by atoms with van der Waals surface area (Å²) in [6.07, 6.45) is 5.66. The molecule has 1 amide bonds. The van der Waals surface area contributed by atoms with Crippen LogP contribution in [0.15, 0.2) is 60.9 Å².